The zero-order valence-corrected chi connectivity index (χ0v) is 41.1. The molecule has 5 unspecified atom stereocenters. The van der Waals surface area contributed by atoms with Gasteiger partial charge in [0.1, 0.15) is 0 Å². The fraction of sp³-hybridized carbons (Fsp3) is 0.303. The summed E-state index contributed by atoms with van der Waals surface area (Å²) >= 11 is 0. The lowest BCUT2D eigenvalue weighted by molar-refractivity contribution is 0.0713. The van der Waals surface area contributed by atoms with Crippen molar-refractivity contribution < 1.29 is 29.4 Å². The highest BCUT2D eigenvalue weighted by atomic mass is 16.3. The largest absolute Gasteiger partial charge is 0.388 e. The third-order valence-corrected chi connectivity index (χ3v) is 16.5. The van der Waals surface area contributed by atoms with Crippen LogP contribution >= 0.6 is 0 Å². The van der Waals surface area contributed by atoms with Crippen LogP contribution in [0.3, 0.4) is 0 Å². The molecular weight excluding hydrogens is 889 g/mol. The minimum atomic E-state index is -0.660. The molecule has 0 spiro atoms. The molecule has 72 heavy (non-hydrogen) atoms. The van der Waals surface area contributed by atoms with Crippen LogP contribution in [0.15, 0.2) is 199 Å². The molecule has 0 radical (unpaired) electrons. The van der Waals surface area contributed by atoms with E-state index < -0.39 is 28.5 Å². The number of fused-ring (bicyclic) bond motifs is 3. The van der Waals surface area contributed by atoms with Crippen LogP contribution in [0.25, 0.3) is 0 Å². The van der Waals surface area contributed by atoms with Gasteiger partial charge in [-0.15, -0.1) is 0 Å². The number of Topliss-reactive ketones (excluding diaryl/α,β-unsaturated/α-hetero) is 4. The summed E-state index contributed by atoms with van der Waals surface area (Å²) in [6, 6.07) is 52.4. The smallest absolute Gasteiger partial charge is 0.174 e. The highest BCUT2D eigenvalue weighted by Crippen LogP contribution is 2.53. The van der Waals surface area contributed by atoms with Crippen molar-refractivity contribution in [3.05, 3.63) is 249 Å². The summed E-state index contributed by atoms with van der Waals surface area (Å²) in [5.74, 6) is 0.586. The summed E-state index contributed by atoms with van der Waals surface area (Å²) < 4.78 is 0. The summed E-state index contributed by atoms with van der Waals surface area (Å²) in [5, 5.41) is 21.6. The number of rotatable bonds is 12. The Kier molecular flexibility index (Phi) is 14.3. The van der Waals surface area contributed by atoms with E-state index in [1.54, 1.807) is 0 Å². The van der Waals surface area contributed by atoms with E-state index in [2.05, 4.69) is 30.4 Å². The first-order valence-electron chi connectivity index (χ1n) is 26.1. The zero-order chi connectivity index (χ0) is 49.7. The Morgan fingerprint density at radius 1 is 0.417 bits per heavy atom. The minimum absolute atomic E-state index is 0.0598. The number of benzene rings is 6. The van der Waals surface area contributed by atoms with E-state index in [-0.39, 0.29) is 29.6 Å². The first-order valence-corrected chi connectivity index (χ1v) is 26.1. The van der Waals surface area contributed by atoms with Crippen molar-refractivity contribution in [2.75, 3.05) is 0 Å². The Bertz CT molecular complexity index is 2940. The summed E-state index contributed by atoms with van der Waals surface area (Å²) in [5.41, 5.74) is 10.1. The molecule has 6 heteroatoms. The first kappa shape index (κ1) is 48.8. The number of aliphatic hydroxyl groups excluding tert-OH is 2. The lowest BCUT2D eigenvalue weighted by Crippen LogP contribution is -2.33. The molecule has 6 aliphatic rings. The van der Waals surface area contributed by atoms with Crippen LogP contribution in [0.4, 0.5) is 0 Å². The lowest BCUT2D eigenvalue weighted by Gasteiger charge is -2.32. The number of carbonyl (C=O) groups excluding carboxylic acids is 4. The first-order chi connectivity index (χ1) is 35.1. The average Bonchev–Trinajstić information content (AvgIpc) is 4.31. The molecule has 0 saturated heterocycles. The molecule has 5 atom stereocenters. The van der Waals surface area contributed by atoms with Gasteiger partial charge in [0, 0.05) is 28.7 Å². The Balaban J connectivity index is 0.000000124. The number of allylic oxidation sites excluding steroid dienone is 6. The van der Waals surface area contributed by atoms with Crippen LogP contribution in [-0.4, -0.2) is 33.3 Å². The van der Waals surface area contributed by atoms with E-state index in [0.717, 1.165) is 115 Å². The zero-order valence-electron chi connectivity index (χ0n) is 41.1. The van der Waals surface area contributed by atoms with Crippen LogP contribution in [0, 0.1) is 16.2 Å². The second kappa shape index (κ2) is 21.1. The molecule has 0 aromatic heterocycles. The molecule has 12 rings (SSSR count). The van der Waals surface area contributed by atoms with E-state index >= 15 is 0 Å². The Morgan fingerprint density at radius 3 is 1.10 bits per heavy atom. The molecule has 2 N–H and O–H groups in total. The molecule has 6 aromatic rings. The van der Waals surface area contributed by atoms with E-state index in [1.807, 2.05) is 152 Å². The van der Waals surface area contributed by atoms with Gasteiger partial charge in [0.2, 0.25) is 0 Å². The second-order valence-corrected chi connectivity index (χ2v) is 20.8. The fourth-order valence-corrected chi connectivity index (χ4v) is 12.9. The Hall–Kier alpha value is -6.86. The van der Waals surface area contributed by atoms with E-state index in [1.165, 1.54) is 16.7 Å². The molecule has 0 bridgehead atoms. The monoisotopic (exact) mass is 952 g/mol. The molecule has 6 aromatic carbocycles. The van der Waals surface area contributed by atoms with Crippen molar-refractivity contribution in [3.8, 4) is 0 Å². The molecular formula is C66H64O6. The maximum atomic E-state index is 13.3. The van der Waals surface area contributed by atoms with E-state index in [0.29, 0.717) is 24.8 Å². The summed E-state index contributed by atoms with van der Waals surface area (Å²) in [6.07, 6.45) is 18.0. The average molecular weight is 953 g/mol. The van der Waals surface area contributed by atoms with Crippen molar-refractivity contribution >= 4 is 23.1 Å². The standard InChI is InChI=1S/2C22H22O2.C22H20O2/c3*23-20(16-8-2-1-3-9-16)15-22(18-11-5-6-12-18)14-17-10-4-7-13-19(17)21(22)24/h2*1-4,7-11,13,20,23H,5-6,12,14-15H2;1-4,7-11,13H,5-6,12,14-15H2. The van der Waals surface area contributed by atoms with Gasteiger partial charge in [-0.3, -0.25) is 19.2 Å². The van der Waals surface area contributed by atoms with Crippen molar-refractivity contribution in [3.63, 3.8) is 0 Å². The third kappa shape index (κ3) is 9.39. The molecule has 364 valence electrons. The van der Waals surface area contributed by atoms with Gasteiger partial charge in [-0.2, -0.15) is 0 Å². The van der Waals surface area contributed by atoms with Crippen molar-refractivity contribution in [1.29, 1.82) is 0 Å². The number of carbonyl (C=O) groups is 4. The molecule has 0 amide bonds. The SMILES string of the molecule is O=C(CC1(C2=CCCC2)Cc2ccccc2C1=O)c1ccccc1.O=C1c2ccccc2CC1(CC(O)c1ccccc1)C1=CCCC1.O=C1c2ccccc2CC1(CC(O)c1ccccc1)C1=CCCC1. The molecule has 0 fully saturated rings. The number of ketones is 4. The number of aliphatic hydroxyl groups is 2. The van der Waals surface area contributed by atoms with Gasteiger partial charge >= 0.3 is 0 Å². The van der Waals surface area contributed by atoms with Gasteiger partial charge in [-0.25, -0.2) is 0 Å². The highest BCUT2D eigenvalue weighted by Gasteiger charge is 2.52. The summed E-state index contributed by atoms with van der Waals surface area (Å²) in [6.45, 7) is 0. The van der Waals surface area contributed by atoms with Crippen molar-refractivity contribution in [2.45, 2.75) is 109 Å². The quantitative estimate of drug-likeness (QED) is 0.0934. The van der Waals surface area contributed by atoms with Crippen LogP contribution in [0.1, 0.15) is 159 Å². The van der Waals surface area contributed by atoms with Crippen molar-refractivity contribution in [1.82, 2.24) is 0 Å². The minimum Gasteiger partial charge on any atom is -0.388 e. The second-order valence-electron chi connectivity index (χ2n) is 20.8. The van der Waals surface area contributed by atoms with Gasteiger partial charge < -0.3 is 10.2 Å². The van der Waals surface area contributed by atoms with Gasteiger partial charge in [0.25, 0.3) is 0 Å². The molecule has 0 saturated carbocycles. The normalized spacial score (nSPS) is 23.4. The van der Waals surface area contributed by atoms with Crippen LogP contribution in [0.5, 0.6) is 0 Å². The Labute approximate surface area is 424 Å². The van der Waals surface area contributed by atoms with E-state index in [9.17, 15) is 29.4 Å². The fourth-order valence-electron chi connectivity index (χ4n) is 12.9. The summed E-state index contributed by atoms with van der Waals surface area (Å²) in [4.78, 5) is 52.8. The molecule has 6 aliphatic carbocycles. The van der Waals surface area contributed by atoms with Crippen LogP contribution in [-0.2, 0) is 19.3 Å². The molecule has 6 nitrogen and oxygen atoms in total. The predicted molar refractivity (Wildman–Crippen MR) is 284 cm³/mol. The number of hydrogen-bond donors (Lipinski definition) is 2. The lowest BCUT2D eigenvalue weighted by atomic mass is 9.71. The van der Waals surface area contributed by atoms with Crippen molar-refractivity contribution in [2.24, 2.45) is 16.2 Å². The van der Waals surface area contributed by atoms with Gasteiger partial charge in [0.05, 0.1) is 28.5 Å². The van der Waals surface area contributed by atoms with Crippen LogP contribution < -0.4 is 0 Å². The van der Waals surface area contributed by atoms with Gasteiger partial charge in [0.15, 0.2) is 23.1 Å². The Morgan fingerprint density at radius 2 is 0.736 bits per heavy atom. The number of hydrogen-bond acceptors (Lipinski definition) is 6. The van der Waals surface area contributed by atoms with E-state index in [4.69, 9.17) is 0 Å². The topological polar surface area (TPSA) is 109 Å². The maximum absolute atomic E-state index is 13.3. The van der Waals surface area contributed by atoms with Gasteiger partial charge in [-0.05, 0) is 118 Å². The summed E-state index contributed by atoms with van der Waals surface area (Å²) in [7, 11) is 0. The predicted octanol–water partition coefficient (Wildman–Crippen LogP) is 14.1. The highest BCUT2D eigenvalue weighted by molar-refractivity contribution is 6.11. The molecule has 0 aliphatic heterocycles. The third-order valence-electron chi connectivity index (χ3n) is 16.5. The van der Waals surface area contributed by atoms with Gasteiger partial charge in [-0.1, -0.05) is 199 Å². The maximum Gasteiger partial charge on any atom is 0.174 e. The van der Waals surface area contributed by atoms with Crippen LogP contribution in [0.2, 0.25) is 0 Å². The molecule has 0 heterocycles.